The first-order chi connectivity index (χ1) is 12.6. The summed E-state index contributed by atoms with van der Waals surface area (Å²) in [7, 11) is 1.69. The number of hydrogen-bond donors (Lipinski definition) is 2. The fourth-order valence-corrected chi connectivity index (χ4v) is 3.30. The molecule has 0 bridgehead atoms. The zero-order valence-electron chi connectivity index (χ0n) is 16.3. The molecule has 1 heterocycles. The van der Waals surface area contributed by atoms with Crippen LogP contribution < -0.4 is 10.6 Å². The van der Waals surface area contributed by atoms with Crippen molar-refractivity contribution in [2.45, 2.75) is 39.0 Å². The summed E-state index contributed by atoms with van der Waals surface area (Å²) in [6.07, 6.45) is 4.37. The highest BCUT2D eigenvalue weighted by atomic mass is 127. The lowest BCUT2D eigenvalue weighted by Crippen LogP contribution is -2.46. The molecular formula is C20H32FIN4O. The molecule has 0 aliphatic carbocycles. The number of aliphatic imine (C=N–C) groups is 1. The molecule has 1 fully saturated rings. The van der Waals surface area contributed by atoms with Gasteiger partial charge in [0.1, 0.15) is 5.82 Å². The maximum absolute atomic E-state index is 13.2. The van der Waals surface area contributed by atoms with E-state index in [0.717, 1.165) is 63.4 Å². The first kappa shape index (κ1) is 23.7. The largest absolute Gasteiger partial charge is 0.359 e. The number of benzene rings is 1. The maximum atomic E-state index is 13.2. The van der Waals surface area contributed by atoms with Crippen molar-refractivity contribution in [3.63, 3.8) is 0 Å². The van der Waals surface area contributed by atoms with Crippen molar-refractivity contribution in [1.29, 1.82) is 0 Å². The second-order valence-electron chi connectivity index (χ2n) is 6.78. The zero-order chi connectivity index (χ0) is 18.8. The molecule has 152 valence electrons. The SMILES string of the molecule is CCNC(=NCCCc1cccc(F)c1)N1CCC(CC(=O)NC)CC1.I. The molecule has 0 aromatic heterocycles. The third kappa shape index (κ3) is 8.45. The number of aryl methyl sites for hydroxylation is 1. The number of guanidine groups is 1. The maximum Gasteiger partial charge on any atom is 0.220 e. The molecule has 27 heavy (non-hydrogen) atoms. The van der Waals surface area contributed by atoms with E-state index in [0.29, 0.717) is 12.3 Å². The van der Waals surface area contributed by atoms with Gasteiger partial charge in [0.25, 0.3) is 0 Å². The van der Waals surface area contributed by atoms with Crippen molar-refractivity contribution in [3.8, 4) is 0 Å². The Hall–Kier alpha value is -1.38. The molecule has 1 aromatic rings. The van der Waals surface area contributed by atoms with Crippen molar-refractivity contribution in [3.05, 3.63) is 35.6 Å². The molecular weight excluding hydrogens is 458 g/mol. The van der Waals surface area contributed by atoms with E-state index in [1.807, 2.05) is 6.07 Å². The van der Waals surface area contributed by atoms with Gasteiger partial charge in [-0.3, -0.25) is 9.79 Å². The summed E-state index contributed by atoms with van der Waals surface area (Å²) in [6.45, 7) is 5.48. The normalized spacial score (nSPS) is 15.2. The number of rotatable bonds is 7. The van der Waals surface area contributed by atoms with Crippen LogP contribution in [0, 0.1) is 11.7 Å². The van der Waals surface area contributed by atoms with E-state index in [9.17, 15) is 9.18 Å². The predicted molar refractivity (Wildman–Crippen MR) is 119 cm³/mol. The first-order valence-electron chi connectivity index (χ1n) is 9.60. The number of carbonyl (C=O) groups is 1. The molecule has 7 heteroatoms. The average molecular weight is 490 g/mol. The summed E-state index contributed by atoms with van der Waals surface area (Å²) >= 11 is 0. The van der Waals surface area contributed by atoms with Crippen LogP contribution in [-0.4, -0.2) is 50.0 Å². The standard InChI is InChI=1S/C20H31FN4O.HI/c1-3-23-20(24-11-5-7-16-6-4-8-18(21)14-16)25-12-9-17(10-13-25)15-19(26)22-2;/h4,6,8,14,17H,3,5,7,9-13,15H2,1-2H3,(H,22,26)(H,23,24);1H. The van der Waals surface area contributed by atoms with Crippen LogP contribution in [0.1, 0.15) is 38.2 Å². The van der Waals surface area contributed by atoms with Gasteiger partial charge in [-0.1, -0.05) is 12.1 Å². The van der Waals surface area contributed by atoms with Gasteiger partial charge in [-0.25, -0.2) is 4.39 Å². The highest BCUT2D eigenvalue weighted by Crippen LogP contribution is 2.20. The van der Waals surface area contributed by atoms with Gasteiger partial charge in [0.15, 0.2) is 5.96 Å². The minimum Gasteiger partial charge on any atom is -0.359 e. The van der Waals surface area contributed by atoms with Gasteiger partial charge in [-0.15, -0.1) is 24.0 Å². The summed E-state index contributed by atoms with van der Waals surface area (Å²) in [5.74, 6) is 1.35. The smallest absolute Gasteiger partial charge is 0.220 e. The van der Waals surface area contributed by atoms with E-state index >= 15 is 0 Å². The van der Waals surface area contributed by atoms with Gasteiger partial charge >= 0.3 is 0 Å². The van der Waals surface area contributed by atoms with E-state index in [4.69, 9.17) is 4.99 Å². The van der Waals surface area contributed by atoms with E-state index in [1.165, 1.54) is 6.07 Å². The van der Waals surface area contributed by atoms with Gasteiger partial charge in [0.05, 0.1) is 0 Å². The second-order valence-corrected chi connectivity index (χ2v) is 6.78. The summed E-state index contributed by atoms with van der Waals surface area (Å²) in [5, 5.41) is 6.07. The monoisotopic (exact) mass is 490 g/mol. The number of halogens is 2. The molecule has 5 nitrogen and oxygen atoms in total. The summed E-state index contributed by atoms with van der Waals surface area (Å²) < 4.78 is 13.2. The molecule has 1 aromatic carbocycles. The van der Waals surface area contributed by atoms with Gasteiger partial charge in [-0.05, 0) is 56.2 Å². The number of nitrogens with zero attached hydrogens (tertiary/aromatic N) is 2. The minimum absolute atomic E-state index is 0. The Morgan fingerprint density at radius 3 is 2.70 bits per heavy atom. The zero-order valence-corrected chi connectivity index (χ0v) is 18.7. The number of carbonyl (C=O) groups excluding carboxylic acids is 1. The molecule has 1 aliphatic rings. The molecule has 1 aliphatic heterocycles. The van der Waals surface area contributed by atoms with Crippen LogP contribution in [0.5, 0.6) is 0 Å². The molecule has 1 saturated heterocycles. The molecule has 0 atom stereocenters. The lowest BCUT2D eigenvalue weighted by molar-refractivity contribution is -0.121. The van der Waals surface area contributed by atoms with Crippen LogP contribution in [0.15, 0.2) is 29.3 Å². The van der Waals surface area contributed by atoms with Crippen molar-refractivity contribution in [2.24, 2.45) is 10.9 Å². The Morgan fingerprint density at radius 1 is 1.33 bits per heavy atom. The lowest BCUT2D eigenvalue weighted by atomic mass is 9.93. The van der Waals surface area contributed by atoms with Crippen molar-refractivity contribution in [1.82, 2.24) is 15.5 Å². The average Bonchev–Trinajstić information content (AvgIpc) is 2.65. The second kappa shape index (κ2) is 12.9. The number of nitrogens with one attached hydrogen (secondary N) is 2. The molecule has 0 saturated carbocycles. The van der Waals surface area contributed by atoms with E-state index < -0.39 is 0 Å². The van der Waals surface area contributed by atoms with Gasteiger partial charge in [0, 0.05) is 39.6 Å². The highest BCUT2D eigenvalue weighted by molar-refractivity contribution is 14.0. The first-order valence-corrected chi connectivity index (χ1v) is 9.60. The Bertz CT molecular complexity index is 603. The molecule has 2 N–H and O–H groups in total. The van der Waals surface area contributed by atoms with Crippen LogP contribution in [0.4, 0.5) is 4.39 Å². The van der Waals surface area contributed by atoms with Crippen molar-refractivity contribution >= 4 is 35.8 Å². The number of amides is 1. The topological polar surface area (TPSA) is 56.7 Å². The fraction of sp³-hybridized carbons (Fsp3) is 0.600. The summed E-state index contributed by atoms with van der Waals surface area (Å²) in [4.78, 5) is 18.5. The van der Waals surface area contributed by atoms with Crippen LogP contribution in [0.3, 0.4) is 0 Å². The Balaban J connectivity index is 0.00000364. The minimum atomic E-state index is -0.182. The van der Waals surface area contributed by atoms with Crippen molar-refractivity contribution < 1.29 is 9.18 Å². The van der Waals surface area contributed by atoms with E-state index in [-0.39, 0.29) is 35.7 Å². The third-order valence-corrected chi connectivity index (χ3v) is 4.78. The van der Waals surface area contributed by atoms with Gasteiger partial charge < -0.3 is 15.5 Å². The van der Waals surface area contributed by atoms with Crippen LogP contribution in [0.2, 0.25) is 0 Å². The molecule has 0 radical (unpaired) electrons. The number of piperidine rings is 1. The van der Waals surface area contributed by atoms with Gasteiger partial charge in [0.2, 0.25) is 5.91 Å². The molecule has 0 spiro atoms. The number of likely N-dealkylation sites (tertiary alicyclic amines) is 1. The summed E-state index contributed by atoms with van der Waals surface area (Å²) in [5.41, 5.74) is 1.01. The Morgan fingerprint density at radius 2 is 2.07 bits per heavy atom. The van der Waals surface area contributed by atoms with Gasteiger partial charge in [-0.2, -0.15) is 0 Å². The molecule has 2 rings (SSSR count). The quantitative estimate of drug-likeness (QED) is 0.267. The third-order valence-electron chi connectivity index (χ3n) is 4.78. The Kier molecular flexibility index (Phi) is 11.3. The number of hydrogen-bond acceptors (Lipinski definition) is 2. The van der Waals surface area contributed by atoms with E-state index in [2.05, 4.69) is 22.5 Å². The highest BCUT2D eigenvalue weighted by Gasteiger charge is 2.22. The Labute approximate surface area is 179 Å². The molecule has 0 unspecified atom stereocenters. The van der Waals surface area contributed by atoms with Crippen molar-refractivity contribution in [2.75, 3.05) is 33.2 Å². The van der Waals surface area contributed by atoms with E-state index in [1.54, 1.807) is 19.2 Å². The van der Waals surface area contributed by atoms with Crippen LogP contribution in [-0.2, 0) is 11.2 Å². The predicted octanol–water partition coefficient (Wildman–Crippen LogP) is 3.19. The van der Waals surface area contributed by atoms with Crippen LogP contribution >= 0.6 is 24.0 Å². The van der Waals surface area contributed by atoms with Crippen LogP contribution in [0.25, 0.3) is 0 Å². The fourth-order valence-electron chi connectivity index (χ4n) is 3.30. The lowest BCUT2D eigenvalue weighted by Gasteiger charge is -2.34. The molecule has 1 amide bonds. The summed E-state index contributed by atoms with van der Waals surface area (Å²) in [6, 6.07) is 6.76.